The molecule has 8 heteroatoms. The summed E-state index contributed by atoms with van der Waals surface area (Å²) in [4.78, 5) is 35.8. The maximum Gasteiger partial charge on any atom is 0.306 e. The van der Waals surface area contributed by atoms with Crippen LogP contribution in [0.25, 0.3) is 0 Å². The van der Waals surface area contributed by atoms with Gasteiger partial charge in [-0.05, 0) is 61.7 Å². The lowest BCUT2D eigenvalue weighted by molar-refractivity contribution is -0.147. The molecule has 160 valence electrons. The van der Waals surface area contributed by atoms with E-state index in [0.717, 1.165) is 11.1 Å². The molecular weight excluding hydrogens is 408 g/mol. The normalized spacial score (nSPS) is 10.3. The number of benzene rings is 2. The number of esters is 1. The van der Waals surface area contributed by atoms with Crippen molar-refractivity contribution in [1.82, 2.24) is 0 Å². The number of hydrogen-bond donors (Lipinski definition) is 2. The van der Waals surface area contributed by atoms with Crippen molar-refractivity contribution in [3.05, 3.63) is 52.5 Å². The number of ether oxygens (including phenoxy) is 2. The van der Waals surface area contributed by atoms with Crippen LogP contribution in [0.1, 0.15) is 30.4 Å². The Kier molecular flexibility index (Phi) is 8.68. The Labute approximate surface area is 180 Å². The van der Waals surface area contributed by atoms with Crippen molar-refractivity contribution in [1.29, 1.82) is 0 Å². The molecular formula is C22H25ClN2O5. The molecule has 30 heavy (non-hydrogen) atoms. The molecule has 0 saturated heterocycles. The van der Waals surface area contributed by atoms with Crippen LogP contribution in [0.4, 0.5) is 11.4 Å². The summed E-state index contributed by atoms with van der Waals surface area (Å²) < 4.78 is 10.1. The van der Waals surface area contributed by atoms with Crippen LogP contribution in [0.2, 0.25) is 5.02 Å². The third-order valence-corrected chi connectivity index (χ3v) is 4.61. The summed E-state index contributed by atoms with van der Waals surface area (Å²) in [7, 11) is 1.49. The van der Waals surface area contributed by atoms with E-state index < -0.39 is 11.9 Å². The number of anilines is 2. The second kappa shape index (κ2) is 11.2. The molecule has 0 aliphatic carbocycles. The molecule has 0 fully saturated rings. The van der Waals surface area contributed by atoms with Crippen LogP contribution in [-0.2, 0) is 19.1 Å². The Hall–Kier alpha value is -3.06. The summed E-state index contributed by atoms with van der Waals surface area (Å²) >= 11 is 5.93. The second-order valence-corrected chi connectivity index (χ2v) is 7.19. The largest absolute Gasteiger partial charge is 0.495 e. The number of aryl methyl sites for hydroxylation is 2. The van der Waals surface area contributed by atoms with Gasteiger partial charge in [0.1, 0.15) is 5.75 Å². The molecule has 2 aromatic carbocycles. The molecule has 7 nitrogen and oxygen atoms in total. The first-order chi connectivity index (χ1) is 14.3. The monoisotopic (exact) mass is 432 g/mol. The van der Waals surface area contributed by atoms with Crippen molar-refractivity contribution >= 4 is 40.8 Å². The number of halogens is 1. The summed E-state index contributed by atoms with van der Waals surface area (Å²) in [5.41, 5.74) is 3.28. The average molecular weight is 433 g/mol. The molecule has 0 aromatic heterocycles. The predicted molar refractivity (Wildman–Crippen MR) is 116 cm³/mol. The molecule has 0 heterocycles. The minimum Gasteiger partial charge on any atom is -0.495 e. The van der Waals surface area contributed by atoms with Crippen LogP contribution < -0.4 is 15.4 Å². The zero-order chi connectivity index (χ0) is 22.1. The highest BCUT2D eigenvalue weighted by Gasteiger charge is 2.12. The van der Waals surface area contributed by atoms with Crippen molar-refractivity contribution in [2.75, 3.05) is 24.4 Å². The predicted octanol–water partition coefficient (Wildman–Crippen LogP) is 4.26. The van der Waals surface area contributed by atoms with Gasteiger partial charge in [0.05, 0.1) is 12.8 Å². The summed E-state index contributed by atoms with van der Waals surface area (Å²) in [6.07, 6.45) is 0.420. The van der Waals surface area contributed by atoms with E-state index in [-0.39, 0.29) is 31.8 Å². The maximum absolute atomic E-state index is 12.1. The Balaban J connectivity index is 1.69. The van der Waals surface area contributed by atoms with Crippen molar-refractivity contribution in [3.8, 4) is 5.75 Å². The topological polar surface area (TPSA) is 93.7 Å². The number of carbonyl (C=O) groups excluding carboxylic acids is 3. The van der Waals surface area contributed by atoms with E-state index in [1.54, 1.807) is 24.3 Å². The first kappa shape index (κ1) is 23.2. The highest BCUT2D eigenvalue weighted by atomic mass is 35.5. The second-order valence-electron chi connectivity index (χ2n) is 6.75. The van der Waals surface area contributed by atoms with Crippen molar-refractivity contribution in [3.63, 3.8) is 0 Å². The van der Waals surface area contributed by atoms with Crippen LogP contribution in [0, 0.1) is 13.8 Å². The molecule has 0 saturated carbocycles. The van der Waals surface area contributed by atoms with E-state index in [1.807, 2.05) is 26.0 Å². The fourth-order valence-electron chi connectivity index (χ4n) is 2.62. The van der Waals surface area contributed by atoms with E-state index >= 15 is 0 Å². The molecule has 0 radical (unpaired) electrons. The van der Waals surface area contributed by atoms with Gasteiger partial charge in [-0.1, -0.05) is 17.7 Å². The van der Waals surface area contributed by atoms with Gasteiger partial charge in [0.2, 0.25) is 5.91 Å². The highest BCUT2D eigenvalue weighted by molar-refractivity contribution is 6.31. The quantitative estimate of drug-likeness (QED) is 0.577. The molecule has 0 unspecified atom stereocenters. The number of amides is 2. The van der Waals surface area contributed by atoms with E-state index in [2.05, 4.69) is 10.6 Å². The van der Waals surface area contributed by atoms with E-state index in [9.17, 15) is 14.4 Å². The van der Waals surface area contributed by atoms with Gasteiger partial charge < -0.3 is 20.1 Å². The standard InChI is InChI=1S/C22H25ClN2O5/c1-14-7-9-17(11-15(14)2)24-21(27)13-30-22(28)6-4-5-20(26)25-18-12-16(23)8-10-19(18)29-3/h7-12H,4-6,13H2,1-3H3,(H,24,27)(H,25,26). The summed E-state index contributed by atoms with van der Waals surface area (Å²) in [6, 6.07) is 10.4. The maximum atomic E-state index is 12.1. The van der Waals surface area contributed by atoms with Gasteiger partial charge in [0.25, 0.3) is 5.91 Å². The first-order valence-electron chi connectivity index (χ1n) is 9.44. The van der Waals surface area contributed by atoms with Gasteiger partial charge in [0.15, 0.2) is 6.61 Å². The minimum absolute atomic E-state index is 0.0248. The SMILES string of the molecule is COc1ccc(Cl)cc1NC(=O)CCCC(=O)OCC(=O)Nc1ccc(C)c(C)c1. The van der Waals surface area contributed by atoms with E-state index in [1.165, 1.54) is 7.11 Å². The summed E-state index contributed by atoms with van der Waals surface area (Å²) in [5, 5.41) is 5.84. The molecule has 0 aliphatic heterocycles. The number of rotatable bonds is 9. The molecule has 2 N–H and O–H groups in total. The van der Waals surface area contributed by atoms with Crippen molar-refractivity contribution < 1.29 is 23.9 Å². The van der Waals surface area contributed by atoms with Crippen LogP contribution in [0.3, 0.4) is 0 Å². The molecule has 0 spiro atoms. The number of methoxy groups -OCH3 is 1. The first-order valence-corrected chi connectivity index (χ1v) is 9.82. The fraction of sp³-hybridized carbons (Fsp3) is 0.318. The highest BCUT2D eigenvalue weighted by Crippen LogP contribution is 2.27. The zero-order valence-electron chi connectivity index (χ0n) is 17.2. The third kappa shape index (κ3) is 7.40. The Morgan fingerprint density at radius 1 is 0.933 bits per heavy atom. The van der Waals surface area contributed by atoms with Gasteiger partial charge in [-0.2, -0.15) is 0 Å². The molecule has 0 bridgehead atoms. The van der Waals surface area contributed by atoms with Gasteiger partial charge >= 0.3 is 5.97 Å². The Morgan fingerprint density at radius 2 is 1.70 bits per heavy atom. The van der Waals surface area contributed by atoms with Crippen molar-refractivity contribution in [2.24, 2.45) is 0 Å². The van der Waals surface area contributed by atoms with E-state index in [4.69, 9.17) is 21.1 Å². The molecule has 2 rings (SSSR count). The van der Waals surface area contributed by atoms with Crippen LogP contribution in [0.15, 0.2) is 36.4 Å². The van der Waals surface area contributed by atoms with Crippen LogP contribution in [-0.4, -0.2) is 31.5 Å². The molecule has 0 atom stereocenters. The number of nitrogens with one attached hydrogen (secondary N) is 2. The zero-order valence-corrected chi connectivity index (χ0v) is 18.0. The van der Waals surface area contributed by atoms with E-state index in [0.29, 0.717) is 22.1 Å². The van der Waals surface area contributed by atoms with Crippen LogP contribution in [0.5, 0.6) is 5.75 Å². The van der Waals surface area contributed by atoms with Crippen LogP contribution >= 0.6 is 11.6 Å². The summed E-state index contributed by atoms with van der Waals surface area (Å²) in [6.45, 7) is 3.55. The summed E-state index contributed by atoms with van der Waals surface area (Å²) in [5.74, 6) is -0.756. The van der Waals surface area contributed by atoms with Gasteiger partial charge in [-0.15, -0.1) is 0 Å². The van der Waals surface area contributed by atoms with Gasteiger partial charge in [-0.25, -0.2) is 0 Å². The van der Waals surface area contributed by atoms with Crippen molar-refractivity contribution in [2.45, 2.75) is 33.1 Å². The number of carbonyl (C=O) groups is 3. The third-order valence-electron chi connectivity index (χ3n) is 4.38. The average Bonchev–Trinajstić information content (AvgIpc) is 2.69. The molecule has 2 aromatic rings. The Bertz CT molecular complexity index is 930. The smallest absolute Gasteiger partial charge is 0.306 e. The lowest BCUT2D eigenvalue weighted by atomic mass is 10.1. The minimum atomic E-state index is -0.543. The Morgan fingerprint density at radius 3 is 2.40 bits per heavy atom. The molecule has 2 amide bonds. The van der Waals surface area contributed by atoms with Gasteiger partial charge in [-0.3, -0.25) is 14.4 Å². The lowest BCUT2D eigenvalue weighted by Gasteiger charge is -2.10. The number of hydrogen-bond acceptors (Lipinski definition) is 5. The lowest BCUT2D eigenvalue weighted by Crippen LogP contribution is -2.21. The fourth-order valence-corrected chi connectivity index (χ4v) is 2.79. The molecule has 0 aliphatic rings. The van der Waals surface area contributed by atoms with Gasteiger partial charge in [0, 0.05) is 23.6 Å².